The van der Waals surface area contributed by atoms with Crippen molar-refractivity contribution in [3.8, 4) is 0 Å². The van der Waals surface area contributed by atoms with Gasteiger partial charge in [-0.15, -0.1) is 0 Å². The summed E-state index contributed by atoms with van der Waals surface area (Å²) >= 11 is 0. The Bertz CT molecular complexity index is 598. The molecule has 0 spiro atoms. The molecule has 0 saturated heterocycles. The quantitative estimate of drug-likeness (QED) is 0.756. The average molecular weight is 300 g/mol. The maximum atomic E-state index is 11.9. The van der Waals surface area contributed by atoms with Gasteiger partial charge in [0.15, 0.2) is 0 Å². The van der Waals surface area contributed by atoms with Gasteiger partial charge in [0.1, 0.15) is 0 Å². The second-order valence-electron chi connectivity index (χ2n) is 8.27. The van der Waals surface area contributed by atoms with Crippen LogP contribution in [-0.2, 0) is 20.4 Å². The highest BCUT2D eigenvalue weighted by Crippen LogP contribution is 2.51. The van der Waals surface area contributed by atoms with Gasteiger partial charge in [0.05, 0.1) is 12.5 Å². The van der Waals surface area contributed by atoms with E-state index in [1.165, 1.54) is 29.5 Å². The van der Waals surface area contributed by atoms with Crippen LogP contribution in [0.3, 0.4) is 0 Å². The van der Waals surface area contributed by atoms with E-state index in [1.807, 2.05) is 6.92 Å². The highest BCUT2D eigenvalue weighted by atomic mass is 16.5. The number of rotatable bonds is 3. The van der Waals surface area contributed by atoms with E-state index >= 15 is 0 Å². The molecule has 0 amide bonds. The van der Waals surface area contributed by atoms with E-state index in [0.29, 0.717) is 12.5 Å². The lowest BCUT2D eigenvalue weighted by molar-refractivity contribution is -0.144. The number of benzene rings is 1. The first-order valence-corrected chi connectivity index (χ1v) is 8.58. The lowest BCUT2D eigenvalue weighted by Crippen LogP contribution is -2.33. The zero-order chi connectivity index (χ0) is 16.1. The molecule has 2 aliphatic carbocycles. The van der Waals surface area contributed by atoms with Gasteiger partial charge in [0, 0.05) is 0 Å². The molecule has 3 rings (SSSR count). The molecule has 1 fully saturated rings. The van der Waals surface area contributed by atoms with Crippen LogP contribution in [0.5, 0.6) is 0 Å². The topological polar surface area (TPSA) is 26.3 Å². The van der Waals surface area contributed by atoms with Gasteiger partial charge in [-0.05, 0) is 59.6 Å². The average Bonchev–Trinajstić information content (AvgIpc) is 3.24. The third kappa shape index (κ3) is 2.57. The Kier molecular flexibility index (Phi) is 3.62. The lowest BCUT2D eigenvalue weighted by atomic mass is 9.63. The number of hydrogen-bond donors (Lipinski definition) is 0. The highest BCUT2D eigenvalue weighted by molar-refractivity contribution is 5.77. The van der Waals surface area contributed by atoms with Crippen molar-refractivity contribution in [2.45, 2.75) is 70.6 Å². The largest absolute Gasteiger partial charge is 0.466 e. The van der Waals surface area contributed by atoms with Crippen molar-refractivity contribution >= 4 is 5.97 Å². The van der Waals surface area contributed by atoms with E-state index in [4.69, 9.17) is 4.74 Å². The lowest BCUT2D eigenvalue weighted by Gasteiger charge is -2.42. The molecule has 0 radical (unpaired) electrons. The van der Waals surface area contributed by atoms with Crippen molar-refractivity contribution in [3.63, 3.8) is 0 Å². The predicted octanol–water partition coefficient (Wildman–Crippen LogP) is 4.70. The van der Waals surface area contributed by atoms with Gasteiger partial charge in [-0.3, -0.25) is 4.79 Å². The van der Waals surface area contributed by atoms with Crippen molar-refractivity contribution in [1.82, 2.24) is 0 Å². The molecule has 2 aliphatic rings. The number of esters is 1. The number of carbonyl (C=O) groups is 1. The first kappa shape index (κ1) is 15.6. The number of fused-ring (bicyclic) bond motifs is 1. The van der Waals surface area contributed by atoms with Crippen LogP contribution in [-0.4, -0.2) is 12.6 Å². The van der Waals surface area contributed by atoms with Crippen LogP contribution >= 0.6 is 0 Å². The van der Waals surface area contributed by atoms with Gasteiger partial charge in [-0.25, -0.2) is 0 Å². The summed E-state index contributed by atoms with van der Waals surface area (Å²) in [5.74, 6) is 0.424. The van der Waals surface area contributed by atoms with Crippen molar-refractivity contribution in [2.24, 2.45) is 5.92 Å². The third-order valence-electron chi connectivity index (χ3n) is 5.68. The number of hydrogen-bond acceptors (Lipinski definition) is 2. The van der Waals surface area contributed by atoms with E-state index in [2.05, 4.69) is 45.9 Å². The van der Waals surface area contributed by atoms with E-state index in [0.717, 1.165) is 6.42 Å². The van der Waals surface area contributed by atoms with Crippen molar-refractivity contribution in [3.05, 3.63) is 34.9 Å². The fourth-order valence-electron chi connectivity index (χ4n) is 3.91. The minimum atomic E-state index is -0.0233. The standard InChI is InChI=1S/C20H28O2/c1-6-22-18(21)15-12-14(15)13-7-8-16-17(11-13)20(4,5)10-9-19(16,2)3/h7-8,11,14-15H,6,9-10,12H2,1-5H3. The second kappa shape index (κ2) is 5.11. The zero-order valence-electron chi connectivity index (χ0n) is 14.5. The van der Waals surface area contributed by atoms with E-state index in [-0.39, 0.29) is 22.7 Å². The van der Waals surface area contributed by atoms with Gasteiger partial charge in [-0.1, -0.05) is 45.9 Å². The molecule has 1 aromatic carbocycles. The summed E-state index contributed by atoms with van der Waals surface area (Å²) in [6.07, 6.45) is 3.41. The van der Waals surface area contributed by atoms with Gasteiger partial charge in [0.2, 0.25) is 0 Å². The van der Waals surface area contributed by atoms with Gasteiger partial charge in [0.25, 0.3) is 0 Å². The molecule has 2 heteroatoms. The number of carbonyl (C=O) groups excluding carboxylic acids is 1. The fourth-order valence-corrected chi connectivity index (χ4v) is 3.91. The summed E-state index contributed by atoms with van der Waals surface area (Å²) in [6, 6.07) is 6.93. The normalized spacial score (nSPS) is 27.9. The van der Waals surface area contributed by atoms with Crippen LogP contribution in [0.4, 0.5) is 0 Å². The fraction of sp³-hybridized carbons (Fsp3) is 0.650. The molecule has 0 N–H and O–H groups in total. The summed E-state index contributed by atoms with van der Waals surface area (Å²) in [5.41, 5.74) is 4.78. The Morgan fingerprint density at radius 1 is 1.14 bits per heavy atom. The molecular weight excluding hydrogens is 272 g/mol. The van der Waals surface area contributed by atoms with E-state index in [1.54, 1.807) is 0 Å². The van der Waals surface area contributed by atoms with Crippen LogP contribution in [0.25, 0.3) is 0 Å². The van der Waals surface area contributed by atoms with Crippen LogP contribution in [0, 0.1) is 5.92 Å². The molecule has 120 valence electrons. The molecule has 2 atom stereocenters. The molecule has 0 bridgehead atoms. The molecule has 22 heavy (non-hydrogen) atoms. The van der Waals surface area contributed by atoms with E-state index < -0.39 is 0 Å². The first-order valence-electron chi connectivity index (χ1n) is 8.58. The van der Waals surface area contributed by atoms with Crippen molar-refractivity contribution in [2.75, 3.05) is 6.61 Å². The van der Waals surface area contributed by atoms with Gasteiger partial charge >= 0.3 is 5.97 Å². The molecule has 0 aliphatic heterocycles. The summed E-state index contributed by atoms with van der Waals surface area (Å²) in [5, 5.41) is 0. The van der Waals surface area contributed by atoms with Crippen molar-refractivity contribution in [1.29, 1.82) is 0 Å². The maximum absolute atomic E-state index is 11.9. The van der Waals surface area contributed by atoms with Crippen LogP contribution < -0.4 is 0 Å². The van der Waals surface area contributed by atoms with E-state index in [9.17, 15) is 4.79 Å². The Hall–Kier alpha value is -1.31. The second-order valence-corrected chi connectivity index (χ2v) is 8.27. The molecule has 0 aromatic heterocycles. The van der Waals surface area contributed by atoms with Gasteiger partial charge < -0.3 is 4.74 Å². The third-order valence-corrected chi connectivity index (χ3v) is 5.68. The molecule has 0 heterocycles. The minimum absolute atomic E-state index is 0.0233. The SMILES string of the molecule is CCOC(=O)C1CC1c1ccc2c(c1)C(C)(C)CCC2(C)C. The summed E-state index contributed by atoms with van der Waals surface area (Å²) < 4.78 is 5.17. The zero-order valence-corrected chi connectivity index (χ0v) is 14.5. The minimum Gasteiger partial charge on any atom is -0.466 e. The Balaban J connectivity index is 1.90. The molecule has 2 nitrogen and oxygen atoms in total. The monoisotopic (exact) mass is 300 g/mol. The molecule has 1 saturated carbocycles. The first-order chi connectivity index (χ1) is 10.3. The van der Waals surface area contributed by atoms with Crippen LogP contribution in [0.1, 0.15) is 76.5 Å². The Labute approximate surface area is 134 Å². The molecule has 2 unspecified atom stereocenters. The van der Waals surface area contributed by atoms with Crippen LogP contribution in [0.2, 0.25) is 0 Å². The Morgan fingerprint density at radius 2 is 1.77 bits per heavy atom. The molecule has 1 aromatic rings. The predicted molar refractivity (Wildman–Crippen MR) is 89.2 cm³/mol. The summed E-state index contributed by atoms with van der Waals surface area (Å²) in [6.45, 7) is 11.7. The van der Waals surface area contributed by atoms with Gasteiger partial charge in [-0.2, -0.15) is 0 Å². The summed E-state index contributed by atoms with van der Waals surface area (Å²) in [7, 11) is 0. The van der Waals surface area contributed by atoms with Crippen LogP contribution in [0.15, 0.2) is 18.2 Å². The summed E-state index contributed by atoms with van der Waals surface area (Å²) in [4.78, 5) is 11.9. The molecular formula is C20H28O2. The number of ether oxygens (including phenoxy) is 1. The highest BCUT2D eigenvalue weighted by Gasteiger charge is 2.46. The van der Waals surface area contributed by atoms with Crippen molar-refractivity contribution < 1.29 is 9.53 Å². The Morgan fingerprint density at radius 3 is 2.41 bits per heavy atom. The maximum Gasteiger partial charge on any atom is 0.309 e. The smallest absolute Gasteiger partial charge is 0.309 e.